The average molecular weight is 278 g/mol. The SMILES string of the molecule is Cc1cc(Cl)cc(C)c1Oc1ncccc1[C@@H](C)O. The number of ether oxygens (including phenoxy) is 1. The number of nitrogens with zero attached hydrogens (tertiary/aromatic N) is 1. The number of hydrogen-bond donors (Lipinski definition) is 1. The molecule has 0 bridgehead atoms. The van der Waals surface area contributed by atoms with E-state index in [4.69, 9.17) is 16.3 Å². The molecule has 0 aliphatic rings. The molecule has 0 radical (unpaired) electrons. The summed E-state index contributed by atoms with van der Waals surface area (Å²) in [6.45, 7) is 5.55. The number of aliphatic hydroxyl groups excluding tert-OH is 1. The molecule has 0 unspecified atom stereocenters. The molecule has 0 spiro atoms. The Labute approximate surface area is 117 Å². The fourth-order valence-electron chi connectivity index (χ4n) is 1.96. The van der Waals surface area contributed by atoms with E-state index in [9.17, 15) is 5.11 Å². The highest BCUT2D eigenvalue weighted by atomic mass is 35.5. The zero-order valence-corrected chi connectivity index (χ0v) is 11.9. The van der Waals surface area contributed by atoms with E-state index < -0.39 is 6.10 Å². The maximum absolute atomic E-state index is 9.72. The third kappa shape index (κ3) is 3.06. The van der Waals surface area contributed by atoms with Gasteiger partial charge in [-0.15, -0.1) is 0 Å². The normalized spacial score (nSPS) is 12.3. The molecule has 0 aliphatic heterocycles. The number of halogens is 1. The van der Waals surface area contributed by atoms with E-state index in [1.165, 1.54) is 0 Å². The standard InChI is InChI=1S/C15H16ClNO2/c1-9-7-12(16)8-10(2)14(9)19-15-13(11(3)18)5-4-6-17-15/h4-8,11,18H,1-3H3/t11-/m1/s1. The predicted molar refractivity (Wildman–Crippen MR) is 75.9 cm³/mol. The Bertz CT molecular complexity index is 573. The minimum atomic E-state index is -0.628. The second-order valence-electron chi connectivity index (χ2n) is 4.54. The van der Waals surface area contributed by atoms with Gasteiger partial charge < -0.3 is 9.84 Å². The van der Waals surface area contributed by atoms with Crippen LogP contribution in [0.1, 0.15) is 29.7 Å². The van der Waals surface area contributed by atoms with Crippen molar-refractivity contribution in [1.82, 2.24) is 4.98 Å². The highest BCUT2D eigenvalue weighted by Crippen LogP contribution is 2.33. The van der Waals surface area contributed by atoms with Crippen LogP contribution < -0.4 is 4.74 Å². The molecule has 1 N–H and O–H groups in total. The minimum absolute atomic E-state index is 0.422. The van der Waals surface area contributed by atoms with E-state index in [0.717, 1.165) is 16.9 Å². The third-order valence-corrected chi connectivity index (χ3v) is 3.09. The Morgan fingerprint density at radius 1 is 1.26 bits per heavy atom. The molecule has 0 aliphatic carbocycles. The molecule has 1 atom stereocenters. The van der Waals surface area contributed by atoms with E-state index in [0.29, 0.717) is 16.5 Å². The Kier molecular flexibility index (Phi) is 4.08. The lowest BCUT2D eigenvalue weighted by atomic mass is 10.1. The van der Waals surface area contributed by atoms with Crippen LogP contribution in [0, 0.1) is 13.8 Å². The van der Waals surface area contributed by atoms with Gasteiger partial charge in [0.1, 0.15) is 5.75 Å². The molecule has 0 fully saturated rings. The van der Waals surface area contributed by atoms with Gasteiger partial charge in [0.25, 0.3) is 0 Å². The molecular weight excluding hydrogens is 262 g/mol. The number of hydrogen-bond acceptors (Lipinski definition) is 3. The first-order valence-electron chi connectivity index (χ1n) is 6.06. The molecule has 1 aromatic carbocycles. The van der Waals surface area contributed by atoms with Crippen molar-refractivity contribution in [2.75, 3.05) is 0 Å². The van der Waals surface area contributed by atoms with Crippen LogP contribution in [0.25, 0.3) is 0 Å². The van der Waals surface area contributed by atoms with Gasteiger partial charge in [0.2, 0.25) is 5.88 Å². The first-order valence-corrected chi connectivity index (χ1v) is 6.44. The summed E-state index contributed by atoms with van der Waals surface area (Å²) in [6.07, 6.45) is 1.01. The zero-order valence-electron chi connectivity index (χ0n) is 11.1. The first kappa shape index (κ1) is 13.8. The molecule has 0 amide bonds. The number of aromatic nitrogens is 1. The Balaban J connectivity index is 2.42. The molecule has 2 rings (SSSR count). The summed E-state index contributed by atoms with van der Waals surface area (Å²) in [7, 11) is 0. The summed E-state index contributed by atoms with van der Waals surface area (Å²) in [4.78, 5) is 4.18. The molecule has 0 saturated carbocycles. The van der Waals surface area contributed by atoms with Crippen LogP contribution >= 0.6 is 11.6 Å². The summed E-state index contributed by atoms with van der Waals surface area (Å²) in [5.41, 5.74) is 2.54. The molecule has 1 heterocycles. The van der Waals surface area contributed by atoms with Gasteiger partial charge in [-0.25, -0.2) is 4.98 Å². The predicted octanol–water partition coefficient (Wildman–Crippen LogP) is 4.20. The molecule has 4 heteroatoms. The fraction of sp³-hybridized carbons (Fsp3) is 0.267. The monoisotopic (exact) mass is 277 g/mol. The van der Waals surface area contributed by atoms with Crippen LogP contribution in [0.15, 0.2) is 30.5 Å². The first-order chi connectivity index (χ1) is 8.99. The second-order valence-corrected chi connectivity index (χ2v) is 4.98. The van der Waals surface area contributed by atoms with Gasteiger partial charge in [0.05, 0.1) is 6.10 Å². The molecule has 19 heavy (non-hydrogen) atoms. The average Bonchev–Trinajstić information content (AvgIpc) is 2.34. The number of aliphatic hydroxyl groups is 1. The molecule has 2 aromatic rings. The van der Waals surface area contributed by atoms with Crippen molar-refractivity contribution < 1.29 is 9.84 Å². The van der Waals surface area contributed by atoms with Crippen LogP contribution in [0.2, 0.25) is 5.02 Å². The zero-order chi connectivity index (χ0) is 14.0. The smallest absolute Gasteiger partial charge is 0.225 e. The van der Waals surface area contributed by atoms with Crippen LogP contribution in [0.3, 0.4) is 0 Å². The van der Waals surface area contributed by atoms with E-state index >= 15 is 0 Å². The van der Waals surface area contributed by atoms with Gasteiger partial charge >= 0.3 is 0 Å². The summed E-state index contributed by atoms with van der Waals surface area (Å²) in [6, 6.07) is 7.26. The summed E-state index contributed by atoms with van der Waals surface area (Å²) in [5.74, 6) is 1.15. The van der Waals surface area contributed by atoms with Crippen molar-refractivity contribution in [2.24, 2.45) is 0 Å². The lowest BCUT2D eigenvalue weighted by molar-refractivity contribution is 0.194. The quantitative estimate of drug-likeness (QED) is 0.914. The number of pyridine rings is 1. The molecule has 1 aromatic heterocycles. The van der Waals surface area contributed by atoms with Gasteiger partial charge in [0, 0.05) is 16.8 Å². The van der Waals surface area contributed by atoms with Gasteiger partial charge in [-0.1, -0.05) is 11.6 Å². The molecular formula is C15H16ClNO2. The van der Waals surface area contributed by atoms with Gasteiger partial charge in [-0.2, -0.15) is 0 Å². The second kappa shape index (κ2) is 5.59. The van der Waals surface area contributed by atoms with Crippen LogP contribution in [-0.2, 0) is 0 Å². The summed E-state index contributed by atoms with van der Waals surface area (Å²) in [5, 5.41) is 10.4. The van der Waals surface area contributed by atoms with Gasteiger partial charge in [-0.3, -0.25) is 0 Å². The maximum Gasteiger partial charge on any atom is 0.225 e. The van der Waals surface area contributed by atoms with Gasteiger partial charge in [0.15, 0.2) is 0 Å². The van der Waals surface area contributed by atoms with Crippen LogP contribution in [0.4, 0.5) is 0 Å². The Morgan fingerprint density at radius 3 is 2.47 bits per heavy atom. The van der Waals surface area contributed by atoms with Crippen molar-refractivity contribution in [1.29, 1.82) is 0 Å². The van der Waals surface area contributed by atoms with E-state index in [1.54, 1.807) is 25.3 Å². The summed E-state index contributed by atoms with van der Waals surface area (Å²) < 4.78 is 5.86. The lowest BCUT2D eigenvalue weighted by Gasteiger charge is -2.15. The summed E-state index contributed by atoms with van der Waals surface area (Å²) >= 11 is 6.00. The van der Waals surface area contributed by atoms with Crippen LogP contribution in [0.5, 0.6) is 11.6 Å². The topological polar surface area (TPSA) is 42.4 Å². The molecule has 100 valence electrons. The van der Waals surface area contributed by atoms with E-state index in [2.05, 4.69) is 4.98 Å². The number of benzene rings is 1. The maximum atomic E-state index is 9.72. The van der Waals surface area contributed by atoms with Gasteiger partial charge in [-0.05, 0) is 56.2 Å². The fourth-order valence-corrected chi connectivity index (χ4v) is 2.29. The van der Waals surface area contributed by atoms with Crippen molar-refractivity contribution in [3.8, 4) is 11.6 Å². The number of aryl methyl sites for hydroxylation is 2. The largest absolute Gasteiger partial charge is 0.438 e. The highest BCUT2D eigenvalue weighted by molar-refractivity contribution is 6.30. The Morgan fingerprint density at radius 2 is 1.89 bits per heavy atom. The third-order valence-electron chi connectivity index (χ3n) is 2.87. The van der Waals surface area contributed by atoms with E-state index in [1.807, 2.05) is 26.0 Å². The van der Waals surface area contributed by atoms with Crippen molar-refractivity contribution in [3.05, 3.63) is 52.2 Å². The van der Waals surface area contributed by atoms with Crippen molar-refractivity contribution in [2.45, 2.75) is 26.9 Å². The lowest BCUT2D eigenvalue weighted by Crippen LogP contribution is -2.00. The highest BCUT2D eigenvalue weighted by Gasteiger charge is 2.13. The van der Waals surface area contributed by atoms with Crippen LogP contribution in [-0.4, -0.2) is 10.1 Å². The Hall–Kier alpha value is -1.58. The molecule has 0 saturated heterocycles. The van der Waals surface area contributed by atoms with E-state index in [-0.39, 0.29) is 0 Å². The number of rotatable bonds is 3. The molecule has 3 nitrogen and oxygen atoms in total. The van der Waals surface area contributed by atoms with Crippen molar-refractivity contribution >= 4 is 11.6 Å². The minimum Gasteiger partial charge on any atom is -0.438 e. The van der Waals surface area contributed by atoms with Crippen molar-refractivity contribution in [3.63, 3.8) is 0 Å².